The fourth-order valence-electron chi connectivity index (χ4n) is 2.79. The van der Waals surface area contributed by atoms with Crippen molar-refractivity contribution in [3.8, 4) is 0 Å². The highest BCUT2D eigenvalue weighted by molar-refractivity contribution is 5.78. The maximum absolute atomic E-state index is 6.05. The Hall–Kier alpha value is -1.32. The molecule has 0 radical (unpaired) electrons. The van der Waals surface area contributed by atoms with Crippen LogP contribution >= 0.6 is 0 Å². The van der Waals surface area contributed by atoms with E-state index in [1.165, 1.54) is 23.8 Å². The molecule has 3 nitrogen and oxygen atoms in total. The molecule has 1 aromatic heterocycles. The summed E-state index contributed by atoms with van der Waals surface area (Å²) in [6.45, 7) is 3.90. The predicted molar refractivity (Wildman–Crippen MR) is 80.9 cm³/mol. The van der Waals surface area contributed by atoms with E-state index in [-0.39, 0.29) is 0 Å². The first kappa shape index (κ1) is 13.7. The van der Waals surface area contributed by atoms with Crippen molar-refractivity contribution >= 4 is 11.0 Å². The van der Waals surface area contributed by atoms with Gasteiger partial charge in [-0.05, 0) is 55.5 Å². The quantitative estimate of drug-likeness (QED) is 0.835. The van der Waals surface area contributed by atoms with Crippen molar-refractivity contribution in [1.29, 1.82) is 0 Å². The predicted octanol–water partition coefficient (Wildman–Crippen LogP) is 3.68. The SMILES string of the molecule is CCNC(c1cc2cc(CCOC)ccc2o1)C1CC1. The Morgan fingerprint density at radius 3 is 2.90 bits per heavy atom. The van der Waals surface area contributed by atoms with E-state index < -0.39 is 0 Å². The second-order valence-corrected chi connectivity index (χ2v) is 5.64. The van der Waals surface area contributed by atoms with Gasteiger partial charge in [-0.15, -0.1) is 0 Å². The largest absolute Gasteiger partial charge is 0.459 e. The molecule has 1 unspecified atom stereocenters. The van der Waals surface area contributed by atoms with Gasteiger partial charge in [0, 0.05) is 12.5 Å². The topological polar surface area (TPSA) is 34.4 Å². The van der Waals surface area contributed by atoms with Gasteiger partial charge in [0.1, 0.15) is 11.3 Å². The first-order chi connectivity index (χ1) is 9.81. The van der Waals surface area contributed by atoms with E-state index in [0.717, 1.165) is 36.8 Å². The van der Waals surface area contributed by atoms with Crippen LogP contribution in [0.2, 0.25) is 0 Å². The molecule has 1 N–H and O–H groups in total. The lowest BCUT2D eigenvalue weighted by Crippen LogP contribution is -2.21. The van der Waals surface area contributed by atoms with E-state index in [9.17, 15) is 0 Å². The van der Waals surface area contributed by atoms with Gasteiger partial charge in [0.2, 0.25) is 0 Å². The average molecular weight is 273 g/mol. The molecule has 1 aliphatic rings. The first-order valence-corrected chi connectivity index (χ1v) is 7.56. The molecule has 3 heteroatoms. The van der Waals surface area contributed by atoms with Crippen LogP contribution in [-0.4, -0.2) is 20.3 Å². The highest BCUT2D eigenvalue weighted by Gasteiger charge is 2.33. The summed E-state index contributed by atoms with van der Waals surface area (Å²) >= 11 is 0. The Labute approximate surface area is 120 Å². The van der Waals surface area contributed by atoms with Gasteiger partial charge >= 0.3 is 0 Å². The second kappa shape index (κ2) is 5.98. The number of hydrogen-bond donors (Lipinski definition) is 1. The number of benzene rings is 1. The molecule has 0 aliphatic heterocycles. The minimum absolute atomic E-state index is 0.384. The summed E-state index contributed by atoms with van der Waals surface area (Å²) < 4.78 is 11.2. The maximum Gasteiger partial charge on any atom is 0.134 e. The van der Waals surface area contributed by atoms with Crippen LogP contribution in [0.1, 0.15) is 37.1 Å². The van der Waals surface area contributed by atoms with Gasteiger partial charge < -0.3 is 14.5 Å². The van der Waals surface area contributed by atoms with E-state index in [1.807, 2.05) is 0 Å². The van der Waals surface area contributed by atoms with Crippen LogP contribution in [0.15, 0.2) is 28.7 Å². The Bertz CT molecular complexity index is 571. The smallest absolute Gasteiger partial charge is 0.134 e. The summed E-state index contributed by atoms with van der Waals surface area (Å²) in [5.41, 5.74) is 2.29. The zero-order chi connectivity index (χ0) is 13.9. The number of ether oxygens (including phenoxy) is 1. The molecule has 1 heterocycles. The third-order valence-corrected chi connectivity index (χ3v) is 4.02. The van der Waals surface area contributed by atoms with Crippen molar-refractivity contribution in [2.75, 3.05) is 20.3 Å². The zero-order valence-corrected chi connectivity index (χ0v) is 12.3. The fourth-order valence-corrected chi connectivity index (χ4v) is 2.79. The van der Waals surface area contributed by atoms with Gasteiger partial charge in [-0.25, -0.2) is 0 Å². The molecule has 1 aromatic carbocycles. The number of hydrogen-bond acceptors (Lipinski definition) is 3. The lowest BCUT2D eigenvalue weighted by atomic mass is 10.1. The number of fused-ring (bicyclic) bond motifs is 1. The lowest BCUT2D eigenvalue weighted by Gasteiger charge is -2.13. The van der Waals surface area contributed by atoms with Crippen LogP contribution in [0.25, 0.3) is 11.0 Å². The molecule has 1 atom stereocenters. The molecule has 2 aromatic rings. The Morgan fingerprint density at radius 2 is 2.20 bits per heavy atom. The van der Waals surface area contributed by atoms with E-state index in [0.29, 0.717) is 6.04 Å². The Kier molecular flexibility index (Phi) is 4.08. The molecule has 1 fully saturated rings. The van der Waals surface area contributed by atoms with Crippen LogP contribution < -0.4 is 5.32 Å². The van der Waals surface area contributed by atoms with Crippen molar-refractivity contribution in [2.24, 2.45) is 5.92 Å². The van der Waals surface area contributed by atoms with Crippen LogP contribution in [0.4, 0.5) is 0 Å². The van der Waals surface area contributed by atoms with Crippen molar-refractivity contribution in [3.63, 3.8) is 0 Å². The molecule has 108 valence electrons. The fraction of sp³-hybridized carbons (Fsp3) is 0.529. The summed E-state index contributed by atoms with van der Waals surface area (Å²) in [6.07, 6.45) is 3.58. The Balaban J connectivity index is 1.85. The van der Waals surface area contributed by atoms with Crippen molar-refractivity contribution in [2.45, 2.75) is 32.2 Å². The van der Waals surface area contributed by atoms with Gasteiger partial charge in [0.25, 0.3) is 0 Å². The second-order valence-electron chi connectivity index (χ2n) is 5.64. The minimum Gasteiger partial charge on any atom is -0.459 e. The van der Waals surface area contributed by atoms with Crippen LogP contribution in [0.5, 0.6) is 0 Å². The molecule has 0 amide bonds. The normalized spacial score (nSPS) is 16.7. The average Bonchev–Trinajstić information content (AvgIpc) is 3.21. The minimum atomic E-state index is 0.384. The third kappa shape index (κ3) is 2.89. The van der Waals surface area contributed by atoms with Crippen LogP contribution in [-0.2, 0) is 11.2 Å². The monoisotopic (exact) mass is 273 g/mol. The summed E-state index contributed by atoms with van der Waals surface area (Å²) in [5.74, 6) is 1.84. The van der Waals surface area contributed by atoms with Gasteiger partial charge in [0.05, 0.1) is 12.6 Å². The third-order valence-electron chi connectivity index (χ3n) is 4.02. The summed E-state index contributed by atoms with van der Waals surface area (Å²) in [4.78, 5) is 0. The van der Waals surface area contributed by atoms with E-state index in [1.54, 1.807) is 7.11 Å². The molecule has 1 aliphatic carbocycles. The molecule has 0 bridgehead atoms. The molecule has 3 rings (SSSR count). The van der Waals surface area contributed by atoms with Crippen LogP contribution in [0.3, 0.4) is 0 Å². The summed E-state index contributed by atoms with van der Waals surface area (Å²) in [5, 5.41) is 4.76. The first-order valence-electron chi connectivity index (χ1n) is 7.56. The van der Waals surface area contributed by atoms with Crippen LogP contribution in [0, 0.1) is 5.92 Å². The highest BCUT2D eigenvalue weighted by Crippen LogP contribution is 2.42. The van der Waals surface area contributed by atoms with Gasteiger partial charge in [0.15, 0.2) is 0 Å². The molecule has 0 saturated heterocycles. The van der Waals surface area contributed by atoms with Gasteiger partial charge in [-0.2, -0.15) is 0 Å². The summed E-state index contributed by atoms with van der Waals surface area (Å²) in [6, 6.07) is 9.03. The molecular formula is C17H23NO2. The Morgan fingerprint density at radius 1 is 1.35 bits per heavy atom. The van der Waals surface area contributed by atoms with E-state index in [2.05, 4.69) is 36.5 Å². The number of nitrogens with one attached hydrogen (secondary N) is 1. The van der Waals surface area contributed by atoms with E-state index in [4.69, 9.17) is 9.15 Å². The number of methoxy groups -OCH3 is 1. The van der Waals surface area contributed by atoms with Gasteiger partial charge in [-0.3, -0.25) is 0 Å². The van der Waals surface area contributed by atoms with E-state index >= 15 is 0 Å². The van der Waals surface area contributed by atoms with Crippen molar-refractivity contribution in [3.05, 3.63) is 35.6 Å². The zero-order valence-electron chi connectivity index (χ0n) is 12.3. The number of rotatable bonds is 7. The highest BCUT2D eigenvalue weighted by atomic mass is 16.5. The van der Waals surface area contributed by atoms with Crippen molar-refractivity contribution in [1.82, 2.24) is 5.32 Å². The molecular weight excluding hydrogens is 250 g/mol. The number of furan rings is 1. The van der Waals surface area contributed by atoms with Gasteiger partial charge in [-0.1, -0.05) is 13.0 Å². The lowest BCUT2D eigenvalue weighted by molar-refractivity contribution is 0.202. The molecule has 1 saturated carbocycles. The molecule has 0 spiro atoms. The maximum atomic E-state index is 6.05. The summed E-state index contributed by atoms with van der Waals surface area (Å²) in [7, 11) is 1.74. The molecule has 20 heavy (non-hydrogen) atoms. The van der Waals surface area contributed by atoms with Crippen molar-refractivity contribution < 1.29 is 9.15 Å². The standard InChI is InChI=1S/C17H23NO2/c1-3-18-17(13-5-6-13)16-11-14-10-12(8-9-19-2)4-7-15(14)20-16/h4,7,10-11,13,17-18H,3,5-6,8-9H2,1-2H3.